The molecule has 3 rings (SSSR count). The molecule has 4 N–H and O–H groups in total. The molecule has 0 saturated carbocycles. The van der Waals surface area contributed by atoms with Gasteiger partial charge in [-0.25, -0.2) is 4.98 Å². The van der Waals surface area contributed by atoms with E-state index in [0.717, 1.165) is 33.9 Å². The summed E-state index contributed by atoms with van der Waals surface area (Å²) in [4.78, 5) is 7.85. The Kier molecular flexibility index (Phi) is 3.45. The van der Waals surface area contributed by atoms with Crippen LogP contribution in [0.5, 0.6) is 5.75 Å². The van der Waals surface area contributed by atoms with Crippen molar-refractivity contribution in [3.8, 4) is 17.1 Å². The van der Waals surface area contributed by atoms with Gasteiger partial charge in [-0.3, -0.25) is 0 Å². The standard InChI is InChI=1S/C15H14N4OS/c1-20-11-6-7-12-13(8-11)19-14(18-12)9-2-4-10(5-3-9)17-15(16)21/h2-8H,1H3,(H,18,19)(H3,16,17,21). The summed E-state index contributed by atoms with van der Waals surface area (Å²) in [6.45, 7) is 0. The molecule has 3 aromatic rings. The van der Waals surface area contributed by atoms with Gasteiger partial charge in [0, 0.05) is 17.3 Å². The van der Waals surface area contributed by atoms with Gasteiger partial charge < -0.3 is 20.8 Å². The number of methoxy groups -OCH3 is 1. The van der Waals surface area contributed by atoms with Crippen LogP contribution in [0.4, 0.5) is 5.69 Å². The minimum absolute atomic E-state index is 0.249. The van der Waals surface area contributed by atoms with Gasteiger partial charge >= 0.3 is 0 Å². The first-order valence-electron chi connectivity index (χ1n) is 6.36. The Labute approximate surface area is 127 Å². The Morgan fingerprint density at radius 3 is 2.67 bits per heavy atom. The number of aromatic amines is 1. The maximum atomic E-state index is 5.44. The van der Waals surface area contributed by atoms with Gasteiger partial charge in [0.2, 0.25) is 0 Å². The summed E-state index contributed by atoms with van der Waals surface area (Å²) in [5, 5.41) is 3.14. The van der Waals surface area contributed by atoms with Crippen molar-refractivity contribution in [1.29, 1.82) is 0 Å². The van der Waals surface area contributed by atoms with Crippen molar-refractivity contribution >= 4 is 34.1 Å². The molecule has 6 heteroatoms. The van der Waals surface area contributed by atoms with Gasteiger partial charge in [-0.05, 0) is 48.6 Å². The van der Waals surface area contributed by atoms with Gasteiger partial charge in [0.15, 0.2) is 5.11 Å². The molecule has 0 fully saturated rings. The highest BCUT2D eigenvalue weighted by Gasteiger charge is 2.06. The van der Waals surface area contributed by atoms with Crippen molar-refractivity contribution in [1.82, 2.24) is 9.97 Å². The fraction of sp³-hybridized carbons (Fsp3) is 0.0667. The lowest BCUT2D eigenvalue weighted by molar-refractivity contribution is 0.415. The summed E-state index contributed by atoms with van der Waals surface area (Å²) in [6.07, 6.45) is 0. The maximum absolute atomic E-state index is 5.44. The maximum Gasteiger partial charge on any atom is 0.168 e. The molecule has 1 aromatic heterocycles. The Balaban J connectivity index is 1.94. The number of fused-ring (bicyclic) bond motifs is 1. The molecule has 0 bridgehead atoms. The quantitative estimate of drug-likeness (QED) is 0.648. The van der Waals surface area contributed by atoms with Crippen LogP contribution in [0.3, 0.4) is 0 Å². The number of hydrogen-bond acceptors (Lipinski definition) is 3. The van der Waals surface area contributed by atoms with Crippen LogP contribution in [0.15, 0.2) is 42.5 Å². The van der Waals surface area contributed by atoms with Crippen molar-refractivity contribution in [2.75, 3.05) is 12.4 Å². The summed E-state index contributed by atoms with van der Waals surface area (Å²) >= 11 is 4.81. The number of benzene rings is 2. The number of hydrogen-bond donors (Lipinski definition) is 3. The summed E-state index contributed by atoms with van der Waals surface area (Å²) in [6, 6.07) is 13.5. The fourth-order valence-corrected chi connectivity index (χ4v) is 2.22. The molecule has 0 atom stereocenters. The number of aromatic nitrogens is 2. The zero-order valence-electron chi connectivity index (χ0n) is 11.4. The van der Waals surface area contributed by atoms with Crippen LogP contribution < -0.4 is 15.8 Å². The van der Waals surface area contributed by atoms with Gasteiger partial charge in [0.05, 0.1) is 18.1 Å². The van der Waals surface area contributed by atoms with E-state index in [9.17, 15) is 0 Å². The Hall–Kier alpha value is -2.60. The van der Waals surface area contributed by atoms with E-state index in [1.165, 1.54) is 0 Å². The summed E-state index contributed by atoms with van der Waals surface area (Å²) in [5.74, 6) is 1.61. The molecule has 0 unspecified atom stereocenters. The predicted molar refractivity (Wildman–Crippen MR) is 88.5 cm³/mol. The van der Waals surface area contributed by atoms with E-state index in [1.807, 2.05) is 42.5 Å². The van der Waals surface area contributed by atoms with Crippen molar-refractivity contribution < 1.29 is 4.74 Å². The smallest absolute Gasteiger partial charge is 0.168 e. The minimum atomic E-state index is 0.249. The van der Waals surface area contributed by atoms with E-state index >= 15 is 0 Å². The zero-order chi connectivity index (χ0) is 14.8. The molecule has 0 radical (unpaired) electrons. The van der Waals surface area contributed by atoms with Crippen LogP contribution in [0.2, 0.25) is 0 Å². The van der Waals surface area contributed by atoms with Gasteiger partial charge in [0.25, 0.3) is 0 Å². The van der Waals surface area contributed by atoms with Crippen LogP contribution >= 0.6 is 12.2 Å². The highest BCUT2D eigenvalue weighted by molar-refractivity contribution is 7.80. The molecule has 21 heavy (non-hydrogen) atoms. The number of rotatable bonds is 3. The summed E-state index contributed by atoms with van der Waals surface area (Å²) in [7, 11) is 1.64. The molecule has 0 spiro atoms. The number of nitrogens with two attached hydrogens (primary N) is 1. The molecule has 0 amide bonds. The highest BCUT2D eigenvalue weighted by atomic mass is 32.1. The predicted octanol–water partition coefficient (Wildman–Crippen LogP) is 2.89. The number of thiocarbonyl (C=S) groups is 1. The van der Waals surface area contributed by atoms with E-state index in [1.54, 1.807) is 7.11 Å². The molecular weight excluding hydrogens is 284 g/mol. The van der Waals surface area contributed by atoms with E-state index in [4.69, 9.17) is 22.7 Å². The average Bonchev–Trinajstić information content (AvgIpc) is 2.90. The molecule has 1 heterocycles. The zero-order valence-corrected chi connectivity index (χ0v) is 12.2. The number of H-pyrrole nitrogens is 1. The van der Waals surface area contributed by atoms with E-state index in [2.05, 4.69) is 15.3 Å². The monoisotopic (exact) mass is 298 g/mol. The van der Waals surface area contributed by atoms with Crippen LogP contribution in [0, 0.1) is 0 Å². The molecule has 0 aliphatic heterocycles. The number of anilines is 1. The Morgan fingerprint density at radius 1 is 1.24 bits per heavy atom. The lowest BCUT2D eigenvalue weighted by atomic mass is 10.2. The SMILES string of the molecule is COc1ccc2nc(-c3ccc(NC(N)=S)cc3)[nH]c2c1. The van der Waals surface area contributed by atoms with Crippen molar-refractivity contribution in [3.05, 3.63) is 42.5 Å². The lowest BCUT2D eigenvalue weighted by Crippen LogP contribution is -2.18. The fourth-order valence-electron chi connectivity index (χ4n) is 2.11. The molecule has 2 aromatic carbocycles. The first kappa shape index (κ1) is 13.4. The normalized spacial score (nSPS) is 10.5. The Morgan fingerprint density at radius 2 is 2.00 bits per heavy atom. The van der Waals surface area contributed by atoms with Crippen LogP contribution in [0.1, 0.15) is 0 Å². The number of nitrogens with one attached hydrogen (secondary N) is 2. The average molecular weight is 298 g/mol. The second kappa shape index (κ2) is 5.41. The van der Waals surface area contributed by atoms with Crippen molar-refractivity contribution in [2.45, 2.75) is 0 Å². The van der Waals surface area contributed by atoms with Gasteiger partial charge in [-0.2, -0.15) is 0 Å². The lowest BCUT2D eigenvalue weighted by Gasteiger charge is -2.03. The molecular formula is C15H14N4OS. The number of nitrogens with zero attached hydrogens (tertiary/aromatic N) is 1. The summed E-state index contributed by atoms with van der Waals surface area (Å²) < 4.78 is 5.21. The second-order valence-electron chi connectivity index (χ2n) is 4.54. The minimum Gasteiger partial charge on any atom is -0.497 e. The first-order chi connectivity index (χ1) is 10.2. The van der Waals surface area contributed by atoms with Crippen molar-refractivity contribution in [2.24, 2.45) is 5.73 Å². The third-order valence-electron chi connectivity index (χ3n) is 3.11. The number of ether oxygens (including phenoxy) is 1. The molecule has 0 saturated heterocycles. The third kappa shape index (κ3) is 2.80. The third-order valence-corrected chi connectivity index (χ3v) is 3.22. The van der Waals surface area contributed by atoms with Crippen LogP contribution in [0.25, 0.3) is 22.4 Å². The van der Waals surface area contributed by atoms with Gasteiger partial charge in [-0.15, -0.1) is 0 Å². The molecule has 106 valence electrons. The second-order valence-corrected chi connectivity index (χ2v) is 4.97. The first-order valence-corrected chi connectivity index (χ1v) is 6.77. The molecule has 0 aliphatic rings. The summed E-state index contributed by atoms with van der Waals surface area (Å²) in [5.41, 5.74) is 9.12. The largest absolute Gasteiger partial charge is 0.497 e. The highest BCUT2D eigenvalue weighted by Crippen LogP contribution is 2.24. The van der Waals surface area contributed by atoms with E-state index < -0.39 is 0 Å². The molecule has 0 aliphatic carbocycles. The van der Waals surface area contributed by atoms with Crippen LogP contribution in [-0.4, -0.2) is 22.2 Å². The van der Waals surface area contributed by atoms with E-state index in [-0.39, 0.29) is 5.11 Å². The van der Waals surface area contributed by atoms with E-state index in [0.29, 0.717) is 0 Å². The van der Waals surface area contributed by atoms with Crippen molar-refractivity contribution in [3.63, 3.8) is 0 Å². The van der Waals surface area contributed by atoms with Gasteiger partial charge in [-0.1, -0.05) is 0 Å². The van der Waals surface area contributed by atoms with Gasteiger partial charge in [0.1, 0.15) is 11.6 Å². The topological polar surface area (TPSA) is 76.0 Å². The molecule has 5 nitrogen and oxygen atoms in total. The Bertz CT molecular complexity index is 795. The number of imidazole rings is 1. The van der Waals surface area contributed by atoms with Crippen LogP contribution in [-0.2, 0) is 0 Å².